The van der Waals surface area contributed by atoms with Crippen LogP contribution in [-0.4, -0.2) is 9.97 Å². The third-order valence-corrected chi connectivity index (χ3v) is 5.27. The molecule has 24 heavy (non-hydrogen) atoms. The highest BCUT2D eigenvalue weighted by Crippen LogP contribution is 2.35. The molecule has 0 spiro atoms. The van der Waals surface area contributed by atoms with Crippen molar-refractivity contribution >= 4 is 57.0 Å². The number of thioether (sulfide) groups is 1. The fraction of sp³-hybridized carbons (Fsp3) is 0.111. The van der Waals surface area contributed by atoms with Gasteiger partial charge in [-0.15, -0.1) is 0 Å². The molecule has 0 aliphatic carbocycles. The second kappa shape index (κ2) is 6.28. The second-order valence-electron chi connectivity index (χ2n) is 5.38. The van der Waals surface area contributed by atoms with Crippen LogP contribution < -0.4 is 0 Å². The molecule has 0 amide bonds. The van der Waals surface area contributed by atoms with Gasteiger partial charge in [0.05, 0.1) is 0 Å². The SMILES string of the molecule is Cc1nc(SCc2ccc(Cl)cc2Cl)c2oc3ccccc3c2n1. The summed E-state index contributed by atoms with van der Waals surface area (Å²) >= 11 is 13.8. The van der Waals surface area contributed by atoms with Gasteiger partial charge < -0.3 is 4.42 Å². The van der Waals surface area contributed by atoms with Crippen LogP contribution in [0, 0.1) is 6.92 Å². The number of hydrogen-bond acceptors (Lipinski definition) is 4. The number of hydrogen-bond donors (Lipinski definition) is 0. The van der Waals surface area contributed by atoms with E-state index in [0.29, 0.717) is 15.8 Å². The smallest absolute Gasteiger partial charge is 0.186 e. The third kappa shape index (κ3) is 2.86. The van der Waals surface area contributed by atoms with Gasteiger partial charge >= 0.3 is 0 Å². The maximum atomic E-state index is 6.26. The van der Waals surface area contributed by atoms with Gasteiger partial charge in [0, 0.05) is 21.2 Å². The number of furan rings is 1. The Hall–Kier alpha value is -1.75. The topological polar surface area (TPSA) is 38.9 Å². The van der Waals surface area contributed by atoms with Crippen molar-refractivity contribution < 1.29 is 4.42 Å². The Morgan fingerprint density at radius 2 is 1.92 bits per heavy atom. The van der Waals surface area contributed by atoms with Gasteiger partial charge in [-0.2, -0.15) is 0 Å². The van der Waals surface area contributed by atoms with E-state index in [2.05, 4.69) is 9.97 Å². The van der Waals surface area contributed by atoms with E-state index < -0.39 is 0 Å². The molecule has 0 aliphatic heterocycles. The summed E-state index contributed by atoms with van der Waals surface area (Å²) in [5.74, 6) is 1.40. The highest BCUT2D eigenvalue weighted by Gasteiger charge is 2.15. The van der Waals surface area contributed by atoms with Crippen molar-refractivity contribution in [1.82, 2.24) is 9.97 Å². The van der Waals surface area contributed by atoms with Gasteiger partial charge in [0.1, 0.15) is 22.0 Å². The minimum atomic E-state index is 0.631. The molecular formula is C18H12Cl2N2OS. The highest BCUT2D eigenvalue weighted by atomic mass is 35.5. The van der Waals surface area contributed by atoms with Crippen molar-refractivity contribution in [2.45, 2.75) is 17.7 Å². The van der Waals surface area contributed by atoms with Gasteiger partial charge in [0.15, 0.2) is 5.58 Å². The lowest BCUT2D eigenvalue weighted by Crippen LogP contribution is -1.91. The molecule has 0 saturated heterocycles. The van der Waals surface area contributed by atoms with Crippen LogP contribution in [0.25, 0.3) is 22.1 Å². The summed E-state index contributed by atoms with van der Waals surface area (Å²) in [6.07, 6.45) is 0. The van der Waals surface area contributed by atoms with E-state index in [1.165, 1.54) is 0 Å². The standard InChI is InChI=1S/C18H12Cl2N2OS/c1-10-21-16-13-4-2-3-5-15(13)23-17(16)18(22-10)24-9-11-6-7-12(19)8-14(11)20/h2-8H,9H2,1H3. The molecule has 0 radical (unpaired) electrons. The maximum absolute atomic E-state index is 6.26. The zero-order valence-electron chi connectivity index (χ0n) is 12.7. The molecule has 120 valence electrons. The van der Waals surface area contributed by atoms with Gasteiger partial charge in [-0.25, -0.2) is 9.97 Å². The minimum absolute atomic E-state index is 0.631. The van der Waals surface area contributed by atoms with Gasteiger partial charge in [-0.3, -0.25) is 0 Å². The number of aryl methyl sites for hydroxylation is 1. The monoisotopic (exact) mass is 374 g/mol. The lowest BCUT2D eigenvalue weighted by atomic mass is 10.2. The molecule has 0 aliphatic rings. The van der Waals surface area contributed by atoms with Crippen molar-refractivity contribution in [3.8, 4) is 0 Å². The van der Waals surface area contributed by atoms with Crippen molar-refractivity contribution in [2.24, 2.45) is 0 Å². The summed E-state index contributed by atoms with van der Waals surface area (Å²) in [7, 11) is 0. The molecule has 0 N–H and O–H groups in total. The number of benzene rings is 2. The lowest BCUT2D eigenvalue weighted by Gasteiger charge is -2.05. The Labute approximate surface area is 153 Å². The summed E-state index contributed by atoms with van der Waals surface area (Å²) in [5, 5.41) is 3.11. The van der Waals surface area contributed by atoms with Crippen LogP contribution in [0.4, 0.5) is 0 Å². The summed E-state index contributed by atoms with van der Waals surface area (Å²) in [6.45, 7) is 1.89. The Morgan fingerprint density at radius 1 is 1.08 bits per heavy atom. The third-order valence-electron chi connectivity index (χ3n) is 3.68. The number of fused-ring (bicyclic) bond motifs is 3. The fourth-order valence-electron chi connectivity index (χ4n) is 2.56. The molecule has 0 unspecified atom stereocenters. The number of aromatic nitrogens is 2. The predicted molar refractivity (Wildman–Crippen MR) is 100 cm³/mol. The Morgan fingerprint density at radius 3 is 2.75 bits per heavy atom. The van der Waals surface area contributed by atoms with E-state index >= 15 is 0 Å². The first-order valence-electron chi connectivity index (χ1n) is 7.34. The van der Waals surface area contributed by atoms with Crippen LogP contribution in [0.5, 0.6) is 0 Å². The first kappa shape index (κ1) is 15.8. The molecular weight excluding hydrogens is 363 g/mol. The average molecular weight is 375 g/mol. The van der Waals surface area contributed by atoms with E-state index in [1.807, 2.05) is 43.3 Å². The molecule has 4 rings (SSSR count). The summed E-state index contributed by atoms with van der Waals surface area (Å²) < 4.78 is 5.98. The van der Waals surface area contributed by atoms with E-state index in [1.54, 1.807) is 17.8 Å². The molecule has 0 bridgehead atoms. The van der Waals surface area contributed by atoms with Gasteiger partial charge in [0.2, 0.25) is 0 Å². The van der Waals surface area contributed by atoms with E-state index in [0.717, 1.165) is 38.5 Å². The Bertz CT molecular complexity index is 1060. The number of para-hydroxylation sites is 1. The van der Waals surface area contributed by atoms with Crippen LogP contribution in [0.15, 0.2) is 51.9 Å². The highest BCUT2D eigenvalue weighted by molar-refractivity contribution is 7.98. The van der Waals surface area contributed by atoms with Gasteiger partial charge in [0.25, 0.3) is 0 Å². The first-order valence-corrected chi connectivity index (χ1v) is 9.08. The van der Waals surface area contributed by atoms with Gasteiger partial charge in [-0.1, -0.05) is 53.2 Å². The molecule has 0 fully saturated rings. The molecule has 2 aromatic heterocycles. The summed E-state index contributed by atoms with van der Waals surface area (Å²) in [4.78, 5) is 9.09. The van der Waals surface area contributed by atoms with Crippen LogP contribution in [0.1, 0.15) is 11.4 Å². The van der Waals surface area contributed by atoms with Crippen molar-refractivity contribution in [3.05, 3.63) is 63.9 Å². The Balaban J connectivity index is 1.76. The number of nitrogens with zero attached hydrogens (tertiary/aromatic N) is 2. The molecule has 0 atom stereocenters. The van der Waals surface area contributed by atoms with Crippen LogP contribution in [0.3, 0.4) is 0 Å². The van der Waals surface area contributed by atoms with Crippen molar-refractivity contribution in [1.29, 1.82) is 0 Å². The number of halogens is 2. The van der Waals surface area contributed by atoms with Crippen LogP contribution >= 0.6 is 35.0 Å². The van der Waals surface area contributed by atoms with Crippen LogP contribution in [-0.2, 0) is 5.75 Å². The fourth-order valence-corrected chi connectivity index (χ4v) is 4.12. The molecule has 4 aromatic rings. The average Bonchev–Trinajstić information content (AvgIpc) is 2.92. The second-order valence-corrected chi connectivity index (χ2v) is 7.18. The predicted octanol–water partition coefficient (Wildman–Crippen LogP) is 6.28. The lowest BCUT2D eigenvalue weighted by molar-refractivity contribution is 0.652. The first-order chi connectivity index (χ1) is 11.6. The maximum Gasteiger partial charge on any atom is 0.186 e. The normalized spacial score (nSPS) is 11.5. The van der Waals surface area contributed by atoms with E-state index in [4.69, 9.17) is 27.6 Å². The summed E-state index contributed by atoms with van der Waals surface area (Å²) in [6, 6.07) is 13.4. The van der Waals surface area contributed by atoms with Gasteiger partial charge in [-0.05, 0) is 36.8 Å². The van der Waals surface area contributed by atoms with Crippen molar-refractivity contribution in [2.75, 3.05) is 0 Å². The minimum Gasteiger partial charge on any atom is -0.451 e. The largest absolute Gasteiger partial charge is 0.451 e. The van der Waals surface area contributed by atoms with Crippen LogP contribution in [0.2, 0.25) is 10.0 Å². The molecule has 0 saturated carbocycles. The molecule has 2 heterocycles. The van der Waals surface area contributed by atoms with Crippen molar-refractivity contribution in [3.63, 3.8) is 0 Å². The van der Waals surface area contributed by atoms with E-state index in [-0.39, 0.29) is 0 Å². The number of rotatable bonds is 3. The molecule has 6 heteroatoms. The summed E-state index contributed by atoms with van der Waals surface area (Å²) in [5.41, 5.74) is 3.39. The zero-order chi connectivity index (χ0) is 16.7. The quantitative estimate of drug-likeness (QED) is 0.312. The van der Waals surface area contributed by atoms with E-state index in [9.17, 15) is 0 Å². The molecule has 2 aromatic carbocycles. The Kier molecular flexibility index (Phi) is 4.12. The zero-order valence-corrected chi connectivity index (χ0v) is 15.0. The molecule has 3 nitrogen and oxygen atoms in total.